The van der Waals surface area contributed by atoms with Crippen LogP contribution in [0, 0.1) is 13.8 Å². The first-order valence-electron chi connectivity index (χ1n) is 8.60. The molecule has 4 rings (SSSR count). The van der Waals surface area contributed by atoms with Crippen molar-refractivity contribution in [2.45, 2.75) is 26.0 Å². The molecule has 2 aromatic carbocycles. The van der Waals surface area contributed by atoms with Gasteiger partial charge in [-0.15, -0.1) is 0 Å². The van der Waals surface area contributed by atoms with Gasteiger partial charge in [0.2, 0.25) is 0 Å². The highest BCUT2D eigenvalue weighted by molar-refractivity contribution is 8.13. The largest absolute Gasteiger partial charge is 0.346 e. The van der Waals surface area contributed by atoms with Crippen LogP contribution < -0.4 is 4.90 Å². The Morgan fingerprint density at radius 2 is 1.92 bits per heavy atom. The second-order valence-electron chi connectivity index (χ2n) is 6.84. The number of hydrogen-bond acceptors (Lipinski definition) is 3. The molecule has 0 aliphatic carbocycles. The second-order valence-corrected chi connectivity index (χ2v) is 8.33. The molecular weight excluding hydrogens is 352 g/mol. The lowest BCUT2D eigenvalue weighted by Gasteiger charge is -2.24. The molecule has 0 radical (unpaired) electrons. The van der Waals surface area contributed by atoms with E-state index in [1.165, 1.54) is 16.8 Å². The third-order valence-corrected chi connectivity index (χ3v) is 6.45. The Balaban J connectivity index is 1.83. The van der Waals surface area contributed by atoms with E-state index in [0.717, 1.165) is 29.4 Å². The van der Waals surface area contributed by atoms with Gasteiger partial charge in [0.25, 0.3) is 5.72 Å². The second kappa shape index (κ2) is 6.35. The molecular formula is C20H22ClN2OS+. The van der Waals surface area contributed by atoms with Crippen LogP contribution in [0.5, 0.6) is 0 Å². The number of rotatable bonds is 2. The minimum absolute atomic E-state index is 0.529. The van der Waals surface area contributed by atoms with Crippen molar-refractivity contribution in [1.82, 2.24) is 0 Å². The lowest BCUT2D eigenvalue weighted by Crippen LogP contribution is -2.41. The molecule has 1 N–H and O–H groups in total. The molecule has 0 spiro atoms. The number of aryl methyl sites for hydroxylation is 2. The highest BCUT2D eigenvalue weighted by Gasteiger charge is 2.53. The molecule has 0 amide bonds. The number of anilines is 1. The summed E-state index contributed by atoms with van der Waals surface area (Å²) in [6.45, 7) is 5.64. The predicted octanol–water partition coefficient (Wildman–Crippen LogP) is 4.13. The van der Waals surface area contributed by atoms with Gasteiger partial charge in [-0.2, -0.15) is 0 Å². The molecule has 2 aromatic rings. The van der Waals surface area contributed by atoms with Gasteiger partial charge < -0.3 is 5.11 Å². The van der Waals surface area contributed by atoms with Gasteiger partial charge in [0.05, 0.1) is 6.54 Å². The van der Waals surface area contributed by atoms with Crippen LogP contribution in [0.15, 0.2) is 42.5 Å². The van der Waals surface area contributed by atoms with E-state index in [-0.39, 0.29) is 0 Å². The number of benzene rings is 2. The van der Waals surface area contributed by atoms with E-state index in [2.05, 4.69) is 41.5 Å². The fraction of sp³-hybridized carbons (Fsp3) is 0.350. The lowest BCUT2D eigenvalue weighted by atomic mass is 10.0. The summed E-state index contributed by atoms with van der Waals surface area (Å²) in [5.74, 6) is 1.09. The molecule has 1 unspecified atom stereocenters. The molecule has 2 aliphatic rings. The average Bonchev–Trinajstić information content (AvgIpc) is 2.92. The predicted molar refractivity (Wildman–Crippen MR) is 106 cm³/mol. The normalized spacial score (nSPS) is 23.1. The maximum Gasteiger partial charge on any atom is 0.316 e. The first kappa shape index (κ1) is 17.0. The van der Waals surface area contributed by atoms with Crippen LogP contribution >= 0.6 is 23.4 Å². The van der Waals surface area contributed by atoms with Gasteiger partial charge in [0.15, 0.2) is 6.54 Å². The maximum atomic E-state index is 11.6. The first-order valence-corrected chi connectivity index (χ1v) is 9.96. The summed E-state index contributed by atoms with van der Waals surface area (Å²) in [7, 11) is 0. The number of nitrogens with zero attached hydrogens (tertiary/aromatic N) is 2. The van der Waals surface area contributed by atoms with Crippen molar-refractivity contribution in [1.29, 1.82) is 0 Å². The molecule has 0 saturated carbocycles. The third kappa shape index (κ3) is 2.86. The quantitative estimate of drug-likeness (QED) is 0.802. The van der Waals surface area contributed by atoms with E-state index in [1.807, 2.05) is 36.0 Å². The lowest BCUT2D eigenvalue weighted by molar-refractivity contribution is -0.656. The minimum atomic E-state index is -1.02. The van der Waals surface area contributed by atoms with E-state index in [0.29, 0.717) is 11.6 Å². The summed E-state index contributed by atoms with van der Waals surface area (Å²) in [5, 5.41) is 13.5. The standard InChI is InChI=1S/C20H22ClN2OS/c1-14-4-5-15(2)18(12-14)22-13-20(24,16-6-8-17(21)9-7-16)23-10-3-11-25-19(22)23/h4-9,12,24H,3,10-11,13H2,1-2H3/q+1. The van der Waals surface area contributed by atoms with Crippen molar-refractivity contribution in [3.63, 3.8) is 0 Å². The van der Waals surface area contributed by atoms with Crippen molar-refractivity contribution in [2.24, 2.45) is 0 Å². The number of amidine groups is 1. The van der Waals surface area contributed by atoms with Gasteiger partial charge in [0.1, 0.15) is 5.69 Å². The number of aliphatic hydroxyl groups is 1. The fourth-order valence-electron chi connectivity index (χ4n) is 3.66. The maximum absolute atomic E-state index is 11.6. The Hall–Kier alpha value is -1.49. The zero-order valence-corrected chi connectivity index (χ0v) is 16.1. The van der Waals surface area contributed by atoms with E-state index in [1.54, 1.807) is 0 Å². The minimum Gasteiger partial charge on any atom is -0.346 e. The van der Waals surface area contributed by atoms with E-state index < -0.39 is 5.72 Å². The summed E-state index contributed by atoms with van der Waals surface area (Å²) < 4.78 is 2.16. The summed E-state index contributed by atoms with van der Waals surface area (Å²) >= 11 is 7.88. The topological polar surface area (TPSA) is 26.5 Å². The van der Waals surface area contributed by atoms with Crippen LogP contribution in [0.1, 0.15) is 23.1 Å². The zero-order chi connectivity index (χ0) is 17.6. The molecule has 130 valence electrons. The zero-order valence-electron chi connectivity index (χ0n) is 14.5. The molecule has 0 fully saturated rings. The van der Waals surface area contributed by atoms with E-state index >= 15 is 0 Å². The van der Waals surface area contributed by atoms with Gasteiger partial charge >= 0.3 is 5.17 Å². The highest BCUT2D eigenvalue weighted by atomic mass is 35.5. The Bertz CT molecular complexity index is 849. The molecule has 2 heterocycles. The van der Waals surface area contributed by atoms with Crippen LogP contribution in [0.3, 0.4) is 0 Å². The van der Waals surface area contributed by atoms with E-state index in [4.69, 9.17) is 11.6 Å². The van der Waals surface area contributed by atoms with Crippen molar-refractivity contribution < 1.29 is 9.68 Å². The van der Waals surface area contributed by atoms with Crippen LogP contribution in [-0.2, 0) is 5.72 Å². The molecule has 5 heteroatoms. The van der Waals surface area contributed by atoms with Gasteiger partial charge in [-0.25, -0.2) is 9.48 Å². The molecule has 0 saturated heterocycles. The summed E-state index contributed by atoms with van der Waals surface area (Å²) in [5.41, 5.74) is 3.51. The van der Waals surface area contributed by atoms with Crippen molar-refractivity contribution in [3.05, 3.63) is 64.2 Å². The summed E-state index contributed by atoms with van der Waals surface area (Å²) in [4.78, 5) is 2.28. The van der Waals surface area contributed by atoms with Crippen LogP contribution in [0.25, 0.3) is 0 Å². The highest BCUT2D eigenvalue weighted by Crippen LogP contribution is 2.39. The van der Waals surface area contributed by atoms with Gasteiger partial charge in [0, 0.05) is 16.3 Å². The third-order valence-electron chi connectivity index (χ3n) is 5.01. The van der Waals surface area contributed by atoms with Crippen LogP contribution in [-0.4, -0.2) is 33.7 Å². The van der Waals surface area contributed by atoms with Crippen molar-refractivity contribution in [3.8, 4) is 0 Å². The molecule has 25 heavy (non-hydrogen) atoms. The molecule has 1 atom stereocenters. The van der Waals surface area contributed by atoms with Gasteiger partial charge in [-0.1, -0.05) is 35.9 Å². The van der Waals surface area contributed by atoms with Gasteiger partial charge in [-0.3, -0.25) is 0 Å². The molecule has 0 aromatic heterocycles. The first-order chi connectivity index (χ1) is 12.0. The van der Waals surface area contributed by atoms with Gasteiger partial charge in [-0.05, 0) is 61.4 Å². The summed E-state index contributed by atoms with van der Waals surface area (Å²) in [6.07, 6.45) is 1.07. The molecule has 0 bridgehead atoms. The molecule has 2 aliphatic heterocycles. The van der Waals surface area contributed by atoms with Crippen molar-refractivity contribution in [2.75, 3.05) is 23.7 Å². The monoisotopic (exact) mass is 373 g/mol. The van der Waals surface area contributed by atoms with Crippen LogP contribution in [0.2, 0.25) is 5.02 Å². The van der Waals surface area contributed by atoms with Crippen LogP contribution in [0.4, 0.5) is 5.69 Å². The fourth-order valence-corrected chi connectivity index (χ4v) is 4.96. The summed E-state index contributed by atoms with van der Waals surface area (Å²) in [6, 6.07) is 14.1. The number of hydrogen-bond donors (Lipinski definition) is 1. The Kier molecular flexibility index (Phi) is 4.30. The Labute approximate surface area is 157 Å². The van der Waals surface area contributed by atoms with E-state index in [9.17, 15) is 5.11 Å². The molecule has 3 nitrogen and oxygen atoms in total. The number of β-amino-alcohol motifs (C(OH)–C–C–N with tert-alkyl or cyclic N) is 1. The van der Waals surface area contributed by atoms with Crippen molar-refractivity contribution >= 4 is 34.2 Å². The SMILES string of the molecule is Cc1ccc(C)c(N2CC(O)(c3ccc(Cl)cc3)[N+]3=C2SCCC3)c1. The average molecular weight is 374 g/mol. The Morgan fingerprint density at radius 1 is 1.16 bits per heavy atom. The Morgan fingerprint density at radius 3 is 2.68 bits per heavy atom. The number of halogens is 1. The number of thioether (sulfide) groups is 1. The smallest absolute Gasteiger partial charge is 0.316 e.